The van der Waals surface area contributed by atoms with Crippen molar-refractivity contribution in [3.05, 3.63) is 18.0 Å². The number of hydrogen-bond acceptors (Lipinski definition) is 3. The molecule has 2 rings (SSSR count). The molecule has 1 fully saturated rings. The number of carbonyl (C=O) groups excluding carboxylic acids is 1. The van der Waals surface area contributed by atoms with Crippen LogP contribution < -0.4 is 0 Å². The van der Waals surface area contributed by atoms with Gasteiger partial charge in [0.15, 0.2) is 0 Å². The summed E-state index contributed by atoms with van der Waals surface area (Å²) in [6.45, 7) is 5.72. The third-order valence-electron chi connectivity index (χ3n) is 4.39. The Morgan fingerprint density at radius 2 is 2.10 bits per heavy atom. The zero-order valence-corrected chi connectivity index (χ0v) is 13.2. The van der Waals surface area contributed by atoms with Gasteiger partial charge in [-0.3, -0.25) is 4.79 Å². The molecule has 1 aliphatic rings. The van der Waals surface area contributed by atoms with Crippen molar-refractivity contribution in [2.45, 2.75) is 38.0 Å². The zero-order chi connectivity index (χ0) is 15.0. The fourth-order valence-corrected chi connectivity index (χ4v) is 3.47. The van der Waals surface area contributed by atoms with Gasteiger partial charge < -0.3 is 9.88 Å². The van der Waals surface area contributed by atoms with Gasteiger partial charge in [0.1, 0.15) is 10.6 Å². The van der Waals surface area contributed by atoms with Crippen molar-refractivity contribution in [1.82, 2.24) is 9.88 Å². The number of aromatic amines is 1. The Morgan fingerprint density at radius 3 is 2.55 bits per heavy atom. The van der Waals surface area contributed by atoms with Crippen LogP contribution >= 0.6 is 10.7 Å². The number of nitrogens with one attached hydrogen (secondary N) is 1. The number of carbonyl (C=O) groups is 1. The number of likely N-dealkylation sites (tertiary alicyclic amines) is 1. The van der Waals surface area contributed by atoms with E-state index in [1.807, 2.05) is 0 Å². The van der Waals surface area contributed by atoms with E-state index < -0.39 is 9.05 Å². The van der Waals surface area contributed by atoms with E-state index >= 15 is 0 Å². The van der Waals surface area contributed by atoms with Gasteiger partial charge in [0.25, 0.3) is 15.0 Å². The van der Waals surface area contributed by atoms with E-state index in [-0.39, 0.29) is 21.9 Å². The van der Waals surface area contributed by atoms with Crippen molar-refractivity contribution in [2.75, 3.05) is 13.1 Å². The normalized spacial score (nSPS) is 18.4. The van der Waals surface area contributed by atoms with Gasteiger partial charge in [-0.15, -0.1) is 0 Å². The molecule has 0 spiro atoms. The number of hydrogen-bond donors (Lipinski definition) is 1. The van der Waals surface area contributed by atoms with Crippen molar-refractivity contribution in [3.8, 4) is 0 Å². The molecule has 2 heterocycles. The maximum Gasteiger partial charge on any atom is 0.270 e. The number of halogens is 1. The SMILES string of the molecule is CCC1(CC)CCN(C(=O)c2cc(S(=O)(=O)Cl)c[nH]2)C1. The van der Waals surface area contributed by atoms with E-state index in [9.17, 15) is 13.2 Å². The highest BCUT2D eigenvalue weighted by atomic mass is 35.7. The third-order valence-corrected chi connectivity index (χ3v) is 5.73. The smallest absolute Gasteiger partial charge is 0.270 e. The van der Waals surface area contributed by atoms with Crippen LogP contribution in [0.4, 0.5) is 0 Å². The van der Waals surface area contributed by atoms with Gasteiger partial charge in [0.05, 0.1) is 0 Å². The van der Waals surface area contributed by atoms with Gasteiger partial charge >= 0.3 is 0 Å². The molecule has 5 nitrogen and oxygen atoms in total. The molecule has 7 heteroatoms. The summed E-state index contributed by atoms with van der Waals surface area (Å²) >= 11 is 0. The molecular formula is C13H19ClN2O3S. The molecule has 0 unspecified atom stereocenters. The molecule has 1 aromatic rings. The van der Waals surface area contributed by atoms with Crippen LogP contribution in [0.3, 0.4) is 0 Å². The second kappa shape index (κ2) is 5.41. The highest BCUT2D eigenvalue weighted by molar-refractivity contribution is 8.13. The first kappa shape index (κ1) is 15.4. The minimum Gasteiger partial charge on any atom is -0.356 e. The Labute approximate surface area is 123 Å². The molecule has 1 aromatic heterocycles. The van der Waals surface area contributed by atoms with Crippen LogP contribution in [0.2, 0.25) is 0 Å². The number of amides is 1. The molecule has 20 heavy (non-hydrogen) atoms. The third kappa shape index (κ3) is 2.86. The molecule has 0 atom stereocenters. The van der Waals surface area contributed by atoms with E-state index in [4.69, 9.17) is 10.7 Å². The molecule has 1 aliphatic heterocycles. The lowest BCUT2D eigenvalue weighted by Gasteiger charge is -2.26. The van der Waals surface area contributed by atoms with Gasteiger partial charge in [-0.2, -0.15) is 0 Å². The fraction of sp³-hybridized carbons (Fsp3) is 0.615. The van der Waals surface area contributed by atoms with Crippen molar-refractivity contribution in [1.29, 1.82) is 0 Å². The van der Waals surface area contributed by atoms with Crippen LogP contribution in [0, 0.1) is 5.41 Å². The maximum atomic E-state index is 12.4. The Morgan fingerprint density at radius 1 is 1.45 bits per heavy atom. The molecule has 0 aromatic carbocycles. The fourth-order valence-electron chi connectivity index (χ4n) is 2.74. The zero-order valence-electron chi connectivity index (χ0n) is 11.6. The molecule has 1 N–H and O–H groups in total. The van der Waals surface area contributed by atoms with E-state index in [1.165, 1.54) is 12.3 Å². The predicted molar refractivity (Wildman–Crippen MR) is 77.4 cm³/mol. The van der Waals surface area contributed by atoms with Gasteiger partial charge in [0.2, 0.25) is 0 Å². The summed E-state index contributed by atoms with van der Waals surface area (Å²) in [6, 6.07) is 1.29. The Kier molecular flexibility index (Phi) is 4.16. The molecule has 1 amide bonds. The van der Waals surface area contributed by atoms with Crippen LogP contribution in [0.15, 0.2) is 17.2 Å². The van der Waals surface area contributed by atoms with Gasteiger partial charge in [-0.1, -0.05) is 13.8 Å². The molecule has 0 radical (unpaired) electrons. The summed E-state index contributed by atoms with van der Waals surface area (Å²) in [5.74, 6) is -0.166. The summed E-state index contributed by atoms with van der Waals surface area (Å²) in [5.41, 5.74) is 0.469. The van der Waals surface area contributed by atoms with Crippen LogP contribution in [-0.4, -0.2) is 37.3 Å². The molecular weight excluding hydrogens is 300 g/mol. The van der Waals surface area contributed by atoms with E-state index in [1.54, 1.807) is 4.90 Å². The second-order valence-corrected chi connectivity index (χ2v) is 7.94. The molecule has 0 aliphatic carbocycles. The van der Waals surface area contributed by atoms with E-state index in [0.717, 1.165) is 25.8 Å². The summed E-state index contributed by atoms with van der Waals surface area (Å²) in [4.78, 5) is 16.8. The summed E-state index contributed by atoms with van der Waals surface area (Å²) in [6.07, 6.45) is 4.32. The topological polar surface area (TPSA) is 70.2 Å². The molecule has 1 saturated heterocycles. The first-order chi connectivity index (χ1) is 9.31. The Hall–Kier alpha value is -1.01. The molecule has 0 saturated carbocycles. The highest BCUT2D eigenvalue weighted by Gasteiger charge is 2.37. The Balaban J connectivity index is 2.15. The van der Waals surface area contributed by atoms with Gasteiger partial charge in [-0.25, -0.2) is 8.42 Å². The molecule has 0 bridgehead atoms. The van der Waals surface area contributed by atoms with Crippen molar-refractivity contribution in [3.63, 3.8) is 0 Å². The summed E-state index contributed by atoms with van der Waals surface area (Å²) in [7, 11) is 1.45. The quantitative estimate of drug-likeness (QED) is 0.867. The highest BCUT2D eigenvalue weighted by Crippen LogP contribution is 2.37. The lowest BCUT2D eigenvalue weighted by molar-refractivity contribution is 0.0764. The minimum atomic E-state index is -3.80. The van der Waals surface area contributed by atoms with Crippen LogP contribution in [0.1, 0.15) is 43.6 Å². The van der Waals surface area contributed by atoms with Crippen molar-refractivity contribution >= 4 is 25.6 Å². The lowest BCUT2D eigenvalue weighted by Crippen LogP contribution is -2.32. The number of nitrogens with zero attached hydrogens (tertiary/aromatic N) is 1. The Bertz CT molecular complexity index is 605. The van der Waals surface area contributed by atoms with E-state index in [2.05, 4.69) is 18.8 Å². The monoisotopic (exact) mass is 318 g/mol. The van der Waals surface area contributed by atoms with Crippen molar-refractivity contribution in [2.24, 2.45) is 5.41 Å². The maximum absolute atomic E-state index is 12.4. The first-order valence-electron chi connectivity index (χ1n) is 6.74. The van der Waals surface area contributed by atoms with Crippen LogP contribution in [0.25, 0.3) is 0 Å². The van der Waals surface area contributed by atoms with Gasteiger partial charge in [0, 0.05) is 30.0 Å². The lowest BCUT2D eigenvalue weighted by atomic mass is 9.82. The standard InChI is InChI=1S/C13H19ClN2O3S/c1-3-13(4-2)5-6-16(9-13)12(17)11-7-10(8-15-11)20(14,18)19/h7-8,15H,3-6,9H2,1-2H3. The number of rotatable bonds is 4. The van der Waals surface area contributed by atoms with Gasteiger partial charge in [-0.05, 0) is 30.7 Å². The van der Waals surface area contributed by atoms with Crippen LogP contribution in [-0.2, 0) is 9.05 Å². The second-order valence-electron chi connectivity index (χ2n) is 5.37. The minimum absolute atomic E-state index is 0.0704. The largest absolute Gasteiger partial charge is 0.356 e. The summed E-state index contributed by atoms with van der Waals surface area (Å²) in [5, 5.41) is 0. The average molecular weight is 319 g/mol. The number of aromatic nitrogens is 1. The summed E-state index contributed by atoms with van der Waals surface area (Å²) < 4.78 is 22.4. The first-order valence-corrected chi connectivity index (χ1v) is 9.04. The van der Waals surface area contributed by atoms with E-state index in [0.29, 0.717) is 6.54 Å². The number of H-pyrrole nitrogens is 1. The molecule has 112 valence electrons. The van der Waals surface area contributed by atoms with Crippen molar-refractivity contribution < 1.29 is 13.2 Å². The average Bonchev–Trinajstić information content (AvgIpc) is 3.05. The van der Waals surface area contributed by atoms with Crippen LogP contribution in [0.5, 0.6) is 0 Å². The predicted octanol–water partition coefficient (Wildman–Crippen LogP) is 2.59.